The summed E-state index contributed by atoms with van der Waals surface area (Å²) < 4.78 is 37.4. The van der Waals surface area contributed by atoms with Crippen LogP contribution in [0.2, 0.25) is 0 Å². The standard InChI is InChI=1S/ClO.7K.Na.H4O7P2.H3O4P/c1-2;;;;;;;;;1-8(2,3)7-9(4,5)6;1-5(2,3)4/h;;;;;;;;;(H2,1,2,3)(H2,4,5,6);(H3,1,2,3,4)/q-1;8*+1;;/p-7. The Bertz CT molecular complexity index is 286. The fraction of sp³-hybridized carbons (Fsp3) is 0. The summed E-state index contributed by atoms with van der Waals surface area (Å²) in [6, 6.07) is 0. The van der Waals surface area contributed by atoms with Crippen LogP contribution >= 0.6 is 35.3 Å². The smallest absolute Gasteiger partial charge is 0.822 e. The molecule has 0 aliphatic rings. The zero-order valence-electron chi connectivity index (χ0n) is 14.6. The van der Waals surface area contributed by atoms with Gasteiger partial charge in [-0.1, -0.05) is 0 Å². The summed E-state index contributed by atoms with van der Waals surface area (Å²) in [6.07, 6.45) is 0. The van der Waals surface area contributed by atoms with Gasteiger partial charge >= 0.3 is 389 Å². The summed E-state index contributed by atoms with van der Waals surface area (Å²) in [5, 5.41) is 0. The van der Waals surface area contributed by atoms with Gasteiger partial charge in [0.2, 0.25) is 0 Å². The van der Waals surface area contributed by atoms with Gasteiger partial charge in [-0.15, -0.1) is 0 Å². The van der Waals surface area contributed by atoms with Crippen LogP contribution in [0.3, 0.4) is 0 Å². The van der Waals surface area contributed by atoms with Crippen molar-refractivity contribution in [2.24, 2.45) is 0 Å². The van der Waals surface area contributed by atoms with Crippen molar-refractivity contribution in [2.75, 3.05) is 0 Å². The first-order chi connectivity index (χ1) is 6.71. The van der Waals surface area contributed by atoms with Crippen molar-refractivity contribution in [1.29, 1.82) is 0 Å². The minimum atomic E-state index is -5.68. The van der Waals surface area contributed by atoms with Gasteiger partial charge in [0, 0.05) is 0 Å². The van der Waals surface area contributed by atoms with Gasteiger partial charge in [0.05, 0.1) is 15.6 Å². The van der Waals surface area contributed by atoms with E-state index in [1.54, 1.807) is 0 Å². The normalized spacial score (nSPS) is 7.88. The van der Waals surface area contributed by atoms with E-state index in [1.807, 2.05) is 0 Å². The minimum Gasteiger partial charge on any atom is -0.822 e. The molecular weight excluding hydrogens is 617 g/mol. The maximum atomic E-state index is 9.32. The average molecular weight is 617 g/mol. The molecule has 102 valence electrons. The molecule has 0 aromatic carbocycles. The van der Waals surface area contributed by atoms with Gasteiger partial charge in [-0.25, -0.2) is 11.9 Å². The van der Waals surface area contributed by atoms with Crippen molar-refractivity contribution in [1.82, 2.24) is 0 Å². The van der Waals surface area contributed by atoms with Crippen molar-refractivity contribution in [3.8, 4) is 0 Å². The maximum Gasteiger partial charge on any atom is 1.00 e. The second-order valence-electron chi connectivity index (χ2n) is 1.42. The first-order valence-electron chi connectivity index (χ1n) is 2.35. The Balaban J connectivity index is -0.0000000114. The Morgan fingerprint density at radius 2 is 0.625 bits per heavy atom. The van der Waals surface area contributed by atoms with Gasteiger partial charge in [0.15, 0.2) is 0 Å². The molecule has 0 aliphatic carbocycles. The molecule has 0 atom stereocenters. The van der Waals surface area contributed by atoms with Gasteiger partial charge in [-0.3, -0.25) is 0 Å². The molecule has 0 aromatic heterocycles. The third-order valence-electron chi connectivity index (χ3n) is 0.200. The molecule has 0 unspecified atom stereocenters. The van der Waals surface area contributed by atoms with E-state index in [9.17, 15) is 28.7 Å². The number of rotatable bonds is 2. The Morgan fingerprint density at radius 1 is 0.542 bits per heavy atom. The molecule has 12 nitrogen and oxygen atoms in total. The molecule has 24 heavy (non-hydrogen) atoms. The van der Waals surface area contributed by atoms with Crippen LogP contribution in [0.25, 0.3) is 0 Å². The summed E-state index contributed by atoms with van der Waals surface area (Å²) in [6.45, 7) is 0. The van der Waals surface area contributed by atoms with E-state index in [0.29, 0.717) is 0 Å². The summed E-state index contributed by atoms with van der Waals surface area (Å²) >= 11 is 3.39. The zero-order chi connectivity index (χ0) is 14.2. The van der Waals surface area contributed by atoms with E-state index >= 15 is 0 Å². The van der Waals surface area contributed by atoms with Crippen molar-refractivity contribution >= 4 is 35.3 Å². The van der Waals surface area contributed by atoms with Gasteiger partial charge < -0.3 is 56.9 Å². The summed E-state index contributed by atoms with van der Waals surface area (Å²) in [5.74, 6) is 0. The molecule has 0 amide bonds. The van der Waals surface area contributed by atoms with Crippen LogP contribution in [0.15, 0.2) is 0 Å². The summed E-state index contributed by atoms with van der Waals surface area (Å²) in [5.41, 5.74) is 0. The number of hydrogen-bond acceptors (Lipinski definition) is 12. The molecule has 0 bridgehead atoms. The van der Waals surface area contributed by atoms with Gasteiger partial charge in [0.25, 0.3) is 0 Å². The summed E-state index contributed by atoms with van der Waals surface area (Å²) in [7, 11) is -16.7. The fourth-order valence-electron chi connectivity index (χ4n) is 0.122. The van der Waals surface area contributed by atoms with Crippen LogP contribution in [0.1, 0.15) is 0 Å². The number of halogens is 1. The second kappa shape index (κ2) is 43.1. The molecule has 0 spiro atoms. The van der Waals surface area contributed by atoms with E-state index in [1.165, 1.54) is 0 Å². The predicted molar refractivity (Wildman–Crippen MR) is 29.8 cm³/mol. The molecular formula is ClK7NaO12P3. The van der Waals surface area contributed by atoms with Crippen LogP contribution in [-0.4, -0.2) is 0 Å². The Morgan fingerprint density at radius 3 is 0.625 bits per heavy atom. The Labute approximate surface area is 464 Å². The molecule has 24 heteroatoms. The second-order valence-corrected chi connectivity index (χ2v) is 4.76. The maximum absolute atomic E-state index is 9.32. The van der Waals surface area contributed by atoms with E-state index in [2.05, 4.69) is 16.2 Å². The number of hydrogen-bond donors (Lipinski definition) is 0. The molecule has 0 aromatic rings. The van der Waals surface area contributed by atoms with Crippen molar-refractivity contribution in [2.45, 2.75) is 0 Å². The topological polar surface area (TPSA) is 245 Å². The molecule has 0 fully saturated rings. The largest absolute Gasteiger partial charge is 1.00 e. The van der Waals surface area contributed by atoms with E-state index < -0.39 is 23.5 Å². The summed E-state index contributed by atoms with van der Waals surface area (Å²) in [4.78, 5) is 62.9. The van der Waals surface area contributed by atoms with Crippen LogP contribution < -0.4 is 428 Å². The van der Waals surface area contributed by atoms with E-state index in [4.69, 9.17) is 23.9 Å². The van der Waals surface area contributed by atoms with Crippen molar-refractivity contribution in [3.05, 3.63) is 0 Å². The first-order valence-corrected chi connectivity index (χ1v) is 7.04. The molecule has 0 N–H and O–H groups in total. The van der Waals surface area contributed by atoms with E-state index in [0.717, 1.165) is 0 Å². The average Bonchev–Trinajstić information content (AvgIpc) is 1.78. The van der Waals surface area contributed by atoms with Crippen LogP contribution in [-0.2, 0) is 18.0 Å². The molecule has 0 rings (SSSR count). The van der Waals surface area contributed by atoms with Crippen molar-refractivity contribution < 1.29 is 446 Å². The van der Waals surface area contributed by atoms with Gasteiger partial charge in [-0.2, -0.15) is 7.82 Å². The SMILES string of the molecule is O=P([O-])([O-])OP(=O)([O-])[O-].O=P([O-])([O-])[O-].[K+].[K+].[K+].[K+].[K+].[K+].[K+].[Na+].[O-]Cl. The minimum absolute atomic E-state index is 0. The molecule has 0 aliphatic heterocycles. The fourth-order valence-corrected chi connectivity index (χ4v) is 1.10. The first kappa shape index (κ1) is 71.0. The van der Waals surface area contributed by atoms with Gasteiger partial charge in [0.1, 0.15) is 0 Å². The van der Waals surface area contributed by atoms with Gasteiger partial charge in [-0.05, 0) is 0 Å². The van der Waals surface area contributed by atoms with E-state index in [-0.39, 0.29) is 389 Å². The molecule has 0 radical (unpaired) electrons. The molecule has 0 saturated heterocycles. The van der Waals surface area contributed by atoms with Crippen LogP contribution in [0.4, 0.5) is 0 Å². The van der Waals surface area contributed by atoms with Crippen LogP contribution in [0, 0.1) is 0 Å². The Kier molecular flexibility index (Phi) is 128. The Hall–Kier alpha value is 13.1. The zero-order valence-corrected chi connectivity index (χ0v) is 41.9. The number of phosphoric acid groups is 3. The predicted octanol–water partition coefficient (Wildman–Crippen LogP) is -30.6. The molecule has 0 saturated carbocycles. The monoisotopic (exact) mass is 616 g/mol. The quantitative estimate of drug-likeness (QED) is 0.207. The van der Waals surface area contributed by atoms with Crippen LogP contribution in [0.5, 0.6) is 0 Å². The molecule has 0 heterocycles. The van der Waals surface area contributed by atoms with Crippen molar-refractivity contribution in [3.63, 3.8) is 0 Å². The third-order valence-corrected chi connectivity index (χ3v) is 1.80. The third kappa shape index (κ3) is 112.